The summed E-state index contributed by atoms with van der Waals surface area (Å²) in [5.74, 6) is 2.22. The lowest BCUT2D eigenvalue weighted by molar-refractivity contribution is 0.932. The number of hydrogen-bond acceptors (Lipinski definition) is 3. The Morgan fingerprint density at radius 1 is 1.26 bits per heavy atom. The van der Waals surface area contributed by atoms with Crippen LogP contribution in [0.5, 0.6) is 0 Å². The zero-order valence-electron chi connectivity index (χ0n) is 10.8. The highest BCUT2D eigenvalue weighted by Gasteiger charge is 2.25. The Bertz CT molecular complexity index is 596. The Hall–Kier alpha value is -1.06. The number of rotatable bonds is 4. The second kappa shape index (κ2) is 5.51. The summed E-state index contributed by atoms with van der Waals surface area (Å²) in [6.45, 7) is 2.10. The smallest absolute Gasteiger partial charge is 0.140 e. The van der Waals surface area contributed by atoms with E-state index in [0.717, 1.165) is 17.3 Å². The fourth-order valence-electron chi connectivity index (χ4n) is 1.99. The van der Waals surface area contributed by atoms with Crippen molar-refractivity contribution in [2.45, 2.75) is 36.3 Å². The zero-order valence-corrected chi connectivity index (χ0v) is 12.3. The normalized spacial score (nSPS) is 14.6. The molecule has 1 aliphatic carbocycles. The summed E-state index contributed by atoms with van der Waals surface area (Å²) < 4.78 is 0. The third-order valence-electron chi connectivity index (χ3n) is 3.11. The lowest BCUT2D eigenvalue weighted by atomic mass is 10.2. The molecule has 0 amide bonds. The highest BCUT2D eigenvalue weighted by atomic mass is 35.5. The standard InChI is InChI=1S/C15H15ClN2S/c1-10-3-2-4-12(7-10)19-9-15-17-13(11-5-6-11)8-14(16)18-15/h2-4,7-8,11H,5-6,9H2,1H3. The van der Waals surface area contributed by atoms with Gasteiger partial charge >= 0.3 is 0 Å². The summed E-state index contributed by atoms with van der Waals surface area (Å²) in [7, 11) is 0. The fraction of sp³-hybridized carbons (Fsp3) is 0.333. The van der Waals surface area contributed by atoms with Crippen molar-refractivity contribution in [2.75, 3.05) is 0 Å². The number of aryl methyl sites for hydroxylation is 1. The second-order valence-electron chi connectivity index (χ2n) is 4.91. The molecule has 98 valence electrons. The summed E-state index contributed by atoms with van der Waals surface area (Å²) in [6, 6.07) is 10.4. The van der Waals surface area contributed by atoms with Gasteiger partial charge in [-0.05, 0) is 38.0 Å². The number of nitrogens with zero attached hydrogens (tertiary/aromatic N) is 2. The van der Waals surface area contributed by atoms with Gasteiger partial charge in [0.15, 0.2) is 0 Å². The average Bonchev–Trinajstić information content (AvgIpc) is 3.20. The summed E-state index contributed by atoms with van der Waals surface area (Å²) >= 11 is 7.82. The summed E-state index contributed by atoms with van der Waals surface area (Å²) in [4.78, 5) is 10.2. The van der Waals surface area contributed by atoms with Crippen molar-refractivity contribution in [2.24, 2.45) is 0 Å². The molecule has 1 heterocycles. The van der Waals surface area contributed by atoms with Crippen LogP contribution in [0, 0.1) is 6.92 Å². The van der Waals surface area contributed by atoms with Gasteiger partial charge in [-0.3, -0.25) is 0 Å². The van der Waals surface area contributed by atoms with E-state index in [0.29, 0.717) is 11.1 Å². The van der Waals surface area contributed by atoms with Gasteiger partial charge in [-0.25, -0.2) is 9.97 Å². The maximum atomic E-state index is 6.07. The Labute approximate surface area is 122 Å². The largest absolute Gasteiger partial charge is 0.237 e. The van der Waals surface area contributed by atoms with Gasteiger partial charge in [0.1, 0.15) is 11.0 Å². The van der Waals surface area contributed by atoms with E-state index in [1.54, 1.807) is 11.8 Å². The van der Waals surface area contributed by atoms with Crippen LogP contribution in [0.4, 0.5) is 0 Å². The first-order valence-corrected chi connectivity index (χ1v) is 7.80. The molecule has 0 unspecified atom stereocenters. The van der Waals surface area contributed by atoms with Crippen LogP contribution in [0.1, 0.15) is 35.8 Å². The SMILES string of the molecule is Cc1cccc(SCc2nc(Cl)cc(C3CC3)n2)c1. The molecule has 1 fully saturated rings. The van der Waals surface area contributed by atoms with Crippen LogP contribution in [-0.4, -0.2) is 9.97 Å². The molecule has 4 heteroatoms. The van der Waals surface area contributed by atoms with E-state index in [2.05, 4.69) is 41.2 Å². The molecule has 2 nitrogen and oxygen atoms in total. The number of aromatic nitrogens is 2. The van der Waals surface area contributed by atoms with E-state index in [9.17, 15) is 0 Å². The average molecular weight is 291 g/mol. The van der Waals surface area contributed by atoms with Gasteiger partial charge in [-0.15, -0.1) is 11.8 Å². The maximum absolute atomic E-state index is 6.07. The van der Waals surface area contributed by atoms with E-state index in [-0.39, 0.29) is 0 Å². The van der Waals surface area contributed by atoms with Crippen molar-refractivity contribution in [3.63, 3.8) is 0 Å². The highest BCUT2D eigenvalue weighted by molar-refractivity contribution is 7.98. The number of thioether (sulfide) groups is 1. The first kappa shape index (κ1) is 12.9. The molecule has 0 N–H and O–H groups in total. The highest BCUT2D eigenvalue weighted by Crippen LogP contribution is 2.39. The van der Waals surface area contributed by atoms with Crippen LogP contribution in [0.2, 0.25) is 5.15 Å². The number of benzene rings is 1. The Morgan fingerprint density at radius 2 is 2.11 bits per heavy atom. The fourth-order valence-corrected chi connectivity index (χ4v) is 3.07. The molecule has 0 atom stereocenters. The monoisotopic (exact) mass is 290 g/mol. The van der Waals surface area contributed by atoms with Crippen LogP contribution in [0.15, 0.2) is 35.2 Å². The molecular weight excluding hydrogens is 276 g/mol. The molecule has 3 rings (SSSR count). The molecule has 1 saturated carbocycles. The topological polar surface area (TPSA) is 25.8 Å². The van der Waals surface area contributed by atoms with Gasteiger partial charge in [0.2, 0.25) is 0 Å². The maximum Gasteiger partial charge on any atom is 0.140 e. The van der Waals surface area contributed by atoms with Crippen LogP contribution in [0.3, 0.4) is 0 Å². The van der Waals surface area contributed by atoms with Crippen molar-refractivity contribution in [3.8, 4) is 0 Å². The van der Waals surface area contributed by atoms with Crippen LogP contribution in [0.25, 0.3) is 0 Å². The van der Waals surface area contributed by atoms with Gasteiger partial charge in [0, 0.05) is 16.5 Å². The van der Waals surface area contributed by atoms with Gasteiger partial charge < -0.3 is 0 Å². The first-order chi connectivity index (χ1) is 9.20. The van der Waals surface area contributed by atoms with Crippen molar-refractivity contribution in [1.82, 2.24) is 9.97 Å². The van der Waals surface area contributed by atoms with E-state index in [4.69, 9.17) is 11.6 Å². The Kier molecular flexibility index (Phi) is 3.76. The third kappa shape index (κ3) is 3.48. The Morgan fingerprint density at radius 3 is 2.84 bits per heavy atom. The van der Waals surface area contributed by atoms with Gasteiger partial charge in [-0.2, -0.15) is 0 Å². The van der Waals surface area contributed by atoms with Crippen LogP contribution >= 0.6 is 23.4 Å². The molecule has 0 bridgehead atoms. The number of hydrogen-bond donors (Lipinski definition) is 0. The van der Waals surface area contributed by atoms with Crippen molar-refractivity contribution >= 4 is 23.4 Å². The molecule has 0 radical (unpaired) electrons. The molecule has 1 aromatic carbocycles. The molecule has 0 saturated heterocycles. The lowest BCUT2D eigenvalue weighted by Crippen LogP contribution is -1.97. The van der Waals surface area contributed by atoms with Crippen LogP contribution < -0.4 is 0 Å². The molecular formula is C15H15ClN2S. The van der Waals surface area contributed by atoms with Gasteiger partial charge in [0.05, 0.1) is 5.75 Å². The minimum atomic E-state index is 0.566. The van der Waals surface area contributed by atoms with Crippen molar-refractivity contribution in [3.05, 3.63) is 52.6 Å². The molecule has 0 spiro atoms. The van der Waals surface area contributed by atoms with E-state index >= 15 is 0 Å². The predicted molar refractivity (Wildman–Crippen MR) is 79.8 cm³/mol. The van der Waals surface area contributed by atoms with Gasteiger partial charge in [0.25, 0.3) is 0 Å². The zero-order chi connectivity index (χ0) is 13.2. The van der Waals surface area contributed by atoms with Gasteiger partial charge in [-0.1, -0.05) is 29.3 Å². The molecule has 19 heavy (non-hydrogen) atoms. The quantitative estimate of drug-likeness (QED) is 0.607. The summed E-state index contributed by atoms with van der Waals surface area (Å²) in [5.41, 5.74) is 2.38. The number of halogens is 1. The predicted octanol–water partition coefficient (Wildman–Crippen LogP) is 4.61. The molecule has 2 aromatic rings. The minimum absolute atomic E-state index is 0.566. The second-order valence-corrected chi connectivity index (χ2v) is 6.35. The van der Waals surface area contributed by atoms with Crippen molar-refractivity contribution in [1.29, 1.82) is 0 Å². The van der Waals surface area contributed by atoms with E-state index < -0.39 is 0 Å². The van der Waals surface area contributed by atoms with E-state index in [1.807, 2.05) is 6.07 Å². The summed E-state index contributed by atoms with van der Waals surface area (Å²) in [5, 5.41) is 0.566. The Balaban J connectivity index is 1.72. The lowest BCUT2D eigenvalue weighted by Gasteiger charge is -2.05. The summed E-state index contributed by atoms with van der Waals surface area (Å²) in [6.07, 6.45) is 2.47. The minimum Gasteiger partial charge on any atom is -0.237 e. The third-order valence-corrected chi connectivity index (χ3v) is 4.30. The van der Waals surface area contributed by atoms with E-state index in [1.165, 1.54) is 23.3 Å². The van der Waals surface area contributed by atoms with Crippen LogP contribution in [-0.2, 0) is 5.75 Å². The first-order valence-electron chi connectivity index (χ1n) is 6.43. The molecule has 0 aliphatic heterocycles. The van der Waals surface area contributed by atoms with Crippen molar-refractivity contribution < 1.29 is 0 Å². The molecule has 1 aliphatic rings. The molecule has 1 aromatic heterocycles.